The van der Waals surface area contributed by atoms with Crippen molar-refractivity contribution < 1.29 is 9.53 Å². The molecule has 0 spiro atoms. The highest BCUT2D eigenvalue weighted by molar-refractivity contribution is 5.85. The molecule has 142 valence electrons. The molecule has 1 N–H and O–H groups in total. The first kappa shape index (κ1) is 22.2. The molecule has 25 heavy (non-hydrogen) atoms. The monoisotopic (exact) mass is 389 g/mol. The highest BCUT2D eigenvalue weighted by atomic mass is 35.5. The smallest absolute Gasteiger partial charge is 0.253 e. The summed E-state index contributed by atoms with van der Waals surface area (Å²) < 4.78 is 5.77. The van der Waals surface area contributed by atoms with Gasteiger partial charge in [-0.15, -0.1) is 24.8 Å². The maximum absolute atomic E-state index is 12.7. The van der Waals surface area contributed by atoms with Crippen LogP contribution in [0.2, 0.25) is 0 Å². The van der Waals surface area contributed by atoms with Gasteiger partial charge in [-0.05, 0) is 31.5 Å². The molecule has 0 radical (unpaired) electrons. The number of carbonyl (C=O) groups is 1. The summed E-state index contributed by atoms with van der Waals surface area (Å²) in [5.74, 6) is 0.134. The maximum Gasteiger partial charge on any atom is 0.253 e. The fourth-order valence-electron chi connectivity index (χ4n) is 3.44. The Labute approximate surface area is 162 Å². The minimum absolute atomic E-state index is 0. The first-order valence-electron chi connectivity index (χ1n) is 8.59. The zero-order valence-corrected chi connectivity index (χ0v) is 16.4. The van der Waals surface area contributed by atoms with Gasteiger partial charge in [0.1, 0.15) is 6.10 Å². The molecule has 0 saturated carbocycles. The van der Waals surface area contributed by atoms with Gasteiger partial charge in [-0.3, -0.25) is 9.69 Å². The van der Waals surface area contributed by atoms with E-state index in [-0.39, 0.29) is 36.8 Å². The van der Waals surface area contributed by atoms with Gasteiger partial charge in [0.2, 0.25) is 0 Å². The molecule has 1 unspecified atom stereocenters. The van der Waals surface area contributed by atoms with Gasteiger partial charge in [0.05, 0.1) is 6.61 Å². The van der Waals surface area contributed by atoms with E-state index in [2.05, 4.69) is 34.5 Å². The molecule has 1 aromatic carbocycles. The molecular formula is C18H29Cl2N3O2. The van der Waals surface area contributed by atoms with Crippen LogP contribution in [-0.2, 0) is 16.1 Å². The minimum atomic E-state index is -0.327. The number of nitrogens with zero attached hydrogens (tertiary/aromatic N) is 2. The molecule has 3 rings (SSSR count). The Bertz CT molecular complexity index is 512. The number of nitrogens with one attached hydrogen (secondary N) is 1. The number of hydrogen-bond donors (Lipinski definition) is 1. The van der Waals surface area contributed by atoms with Crippen LogP contribution in [0, 0.1) is 0 Å². The lowest BCUT2D eigenvalue weighted by molar-refractivity contribution is -0.151. The molecule has 2 fully saturated rings. The second kappa shape index (κ2) is 11.0. The molecule has 7 heteroatoms. The topological polar surface area (TPSA) is 44.8 Å². The van der Waals surface area contributed by atoms with E-state index in [1.165, 1.54) is 5.56 Å². The third kappa shape index (κ3) is 6.12. The van der Waals surface area contributed by atoms with E-state index in [0.29, 0.717) is 19.2 Å². The van der Waals surface area contributed by atoms with Crippen LogP contribution in [0.1, 0.15) is 18.4 Å². The molecule has 1 aromatic rings. The summed E-state index contributed by atoms with van der Waals surface area (Å²) in [7, 11) is 1.93. The van der Waals surface area contributed by atoms with Gasteiger partial charge in [-0.2, -0.15) is 0 Å². The maximum atomic E-state index is 12.7. The number of likely N-dealkylation sites (N-methyl/N-ethyl adjacent to an activating group) is 1. The summed E-state index contributed by atoms with van der Waals surface area (Å²) in [4.78, 5) is 17.0. The van der Waals surface area contributed by atoms with Gasteiger partial charge >= 0.3 is 0 Å². The Hall–Kier alpha value is -0.850. The minimum Gasteiger partial charge on any atom is -0.366 e. The number of piperidine rings is 1. The van der Waals surface area contributed by atoms with Crippen LogP contribution in [0.15, 0.2) is 30.3 Å². The summed E-state index contributed by atoms with van der Waals surface area (Å²) >= 11 is 0. The van der Waals surface area contributed by atoms with Gasteiger partial charge in [0.25, 0.3) is 5.91 Å². The molecule has 0 aromatic heterocycles. The number of halogens is 2. The largest absolute Gasteiger partial charge is 0.366 e. The average molecular weight is 390 g/mol. The van der Waals surface area contributed by atoms with Gasteiger partial charge in [-0.25, -0.2) is 0 Å². The van der Waals surface area contributed by atoms with E-state index in [1.807, 2.05) is 18.0 Å². The van der Waals surface area contributed by atoms with Gasteiger partial charge < -0.3 is 15.0 Å². The number of morpholine rings is 1. The van der Waals surface area contributed by atoms with Crippen molar-refractivity contribution in [1.82, 2.24) is 15.1 Å². The number of carbonyl (C=O) groups excluding carboxylic acids is 1. The Kier molecular flexibility index (Phi) is 9.75. The Balaban J connectivity index is 0.00000156. The molecule has 0 bridgehead atoms. The highest BCUT2D eigenvalue weighted by Crippen LogP contribution is 2.16. The molecule has 2 heterocycles. The number of hydrogen-bond acceptors (Lipinski definition) is 4. The van der Waals surface area contributed by atoms with E-state index in [9.17, 15) is 4.79 Å². The second-order valence-electron chi connectivity index (χ2n) is 6.51. The first-order chi connectivity index (χ1) is 11.2. The van der Waals surface area contributed by atoms with Crippen LogP contribution in [-0.4, -0.2) is 67.7 Å². The van der Waals surface area contributed by atoms with Crippen molar-refractivity contribution in [2.45, 2.75) is 31.5 Å². The van der Waals surface area contributed by atoms with E-state index in [4.69, 9.17) is 4.74 Å². The molecule has 1 amide bonds. The molecule has 2 aliphatic heterocycles. The predicted octanol–water partition coefficient (Wildman–Crippen LogP) is 1.94. The zero-order chi connectivity index (χ0) is 16.1. The third-order valence-corrected chi connectivity index (χ3v) is 4.88. The fraction of sp³-hybridized carbons (Fsp3) is 0.611. The van der Waals surface area contributed by atoms with Crippen molar-refractivity contribution in [1.29, 1.82) is 0 Å². The van der Waals surface area contributed by atoms with Crippen LogP contribution >= 0.6 is 24.8 Å². The van der Waals surface area contributed by atoms with Crippen LogP contribution in [0.4, 0.5) is 0 Å². The molecule has 2 saturated heterocycles. The van der Waals surface area contributed by atoms with E-state index in [0.717, 1.165) is 39.0 Å². The predicted molar refractivity (Wildman–Crippen MR) is 105 cm³/mol. The lowest BCUT2D eigenvalue weighted by Crippen LogP contribution is -2.53. The average Bonchev–Trinajstić information content (AvgIpc) is 2.62. The molecule has 1 atom stereocenters. The molecule has 5 nitrogen and oxygen atoms in total. The normalized spacial score (nSPS) is 21.7. The van der Waals surface area contributed by atoms with Crippen molar-refractivity contribution in [3.63, 3.8) is 0 Å². The highest BCUT2D eigenvalue weighted by Gasteiger charge is 2.32. The number of ether oxygens (including phenoxy) is 1. The second-order valence-corrected chi connectivity index (χ2v) is 6.51. The summed E-state index contributed by atoms with van der Waals surface area (Å²) in [6.45, 7) is 5.06. The summed E-state index contributed by atoms with van der Waals surface area (Å²) in [5.41, 5.74) is 1.28. The SMILES string of the molecule is CN(C(=O)C1CN(Cc2ccccc2)CCO1)C1CCNCC1.Cl.Cl. The quantitative estimate of drug-likeness (QED) is 0.854. The van der Waals surface area contributed by atoms with Gasteiger partial charge in [0, 0.05) is 32.7 Å². The standard InChI is InChI=1S/C18H27N3O2.2ClH/c1-20(16-7-9-19-10-8-16)18(22)17-14-21(11-12-23-17)13-15-5-3-2-4-6-15;;/h2-6,16-17,19H,7-14H2,1H3;2*1H. The Morgan fingerprint density at radius 2 is 1.92 bits per heavy atom. The molecule has 0 aliphatic carbocycles. The van der Waals surface area contributed by atoms with Crippen LogP contribution in [0.5, 0.6) is 0 Å². The third-order valence-electron chi connectivity index (χ3n) is 4.88. The fourth-order valence-corrected chi connectivity index (χ4v) is 3.44. The zero-order valence-electron chi connectivity index (χ0n) is 14.7. The number of amides is 1. The number of benzene rings is 1. The first-order valence-corrected chi connectivity index (χ1v) is 8.59. The summed E-state index contributed by atoms with van der Waals surface area (Å²) in [5, 5.41) is 3.34. The van der Waals surface area contributed by atoms with Crippen molar-refractivity contribution in [3.8, 4) is 0 Å². The van der Waals surface area contributed by atoms with Crippen LogP contribution in [0.3, 0.4) is 0 Å². The summed E-state index contributed by atoms with van der Waals surface area (Å²) in [6, 6.07) is 10.8. The molecular weight excluding hydrogens is 361 g/mol. The lowest BCUT2D eigenvalue weighted by Gasteiger charge is -2.37. The van der Waals surface area contributed by atoms with Crippen LogP contribution < -0.4 is 5.32 Å². The Morgan fingerprint density at radius 3 is 2.60 bits per heavy atom. The van der Waals surface area contributed by atoms with Crippen molar-refractivity contribution in [3.05, 3.63) is 35.9 Å². The number of rotatable bonds is 4. The van der Waals surface area contributed by atoms with Crippen molar-refractivity contribution in [2.75, 3.05) is 39.8 Å². The molecule has 2 aliphatic rings. The van der Waals surface area contributed by atoms with Crippen molar-refractivity contribution in [2.24, 2.45) is 0 Å². The van der Waals surface area contributed by atoms with E-state index < -0.39 is 0 Å². The lowest BCUT2D eigenvalue weighted by atomic mass is 10.0. The summed E-state index contributed by atoms with van der Waals surface area (Å²) in [6.07, 6.45) is 1.73. The Morgan fingerprint density at radius 1 is 1.24 bits per heavy atom. The van der Waals surface area contributed by atoms with Gasteiger partial charge in [-0.1, -0.05) is 30.3 Å². The van der Waals surface area contributed by atoms with E-state index >= 15 is 0 Å². The van der Waals surface area contributed by atoms with Gasteiger partial charge in [0.15, 0.2) is 0 Å². The van der Waals surface area contributed by atoms with Crippen molar-refractivity contribution >= 4 is 30.7 Å². The van der Waals surface area contributed by atoms with E-state index in [1.54, 1.807) is 0 Å². The van der Waals surface area contributed by atoms with Crippen LogP contribution in [0.25, 0.3) is 0 Å².